The second-order valence-corrected chi connectivity index (χ2v) is 5.86. The van der Waals surface area contributed by atoms with Gasteiger partial charge in [0.1, 0.15) is 17.3 Å². The first kappa shape index (κ1) is 16.3. The van der Waals surface area contributed by atoms with Gasteiger partial charge < -0.3 is 14.4 Å². The molecule has 0 radical (unpaired) electrons. The molecule has 2 aromatic carbocycles. The summed E-state index contributed by atoms with van der Waals surface area (Å²) in [5, 5.41) is 0. The molecule has 0 aromatic heterocycles. The first-order valence-electron chi connectivity index (χ1n) is 7.90. The summed E-state index contributed by atoms with van der Waals surface area (Å²) >= 11 is 0. The number of carbonyl (C=O) groups is 1. The van der Waals surface area contributed by atoms with Crippen molar-refractivity contribution >= 4 is 5.91 Å². The zero-order valence-electron chi connectivity index (χ0n) is 13.8. The summed E-state index contributed by atoms with van der Waals surface area (Å²) in [6, 6.07) is 12.1. The number of rotatable bonds is 6. The molecule has 0 N–H and O–H groups in total. The van der Waals surface area contributed by atoms with Gasteiger partial charge in [0.2, 0.25) is 0 Å². The van der Waals surface area contributed by atoms with E-state index in [1.807, 2.05) is 24.3 Å². The van der Waals surface area contributed by atoms with Crippen LogP contribution in [0.25, 0.3) is 0 Å². The monoisotopic (exact) mass is 329 g/mol. The lowest BCUT2D eigenvalue weighted by Crippen LogP contribution is -2.33. The number of ether oxygens (including phenoxy) is 2. The zero-order valence-corrected chi connectivity index (χ0v) is 13.8. The number of carbonyl (C=O) groups excluding carboxylic acids is 1. The van der Waals surface area contributed by atoms with Gasteiger partial charge in [-0.1, -0.05) is 12.1 Å². The third-order valence-corrected chi connectivity index (χ3v) is 4.17. The molecular weight excluding hydrogens is 309 g/mol. The zero-order chi connectivity index (χ0) is 17.1. The number of hydrogen-bond acceptors (Lipinski definition) is 3. The molecule has 0 spiro atoms. The fourth-order valence-electron chi connectivity index (χ4n) is 2.63. The van der Waals surface area contributed by atoms with Crippen molar-refractivity contribution in [1.29, 1.82) is 0 Å². The molecule has 2 aromatic rings. The Kier molecular flexibility index (Phi) is 4.69. The SMILES string of the molecule is COc1ccc(CN(C(=O)c2ccc(OC)cc2F)C2CC2)cc1. The van der Waals surface area contributed by atoms with E-state index in [2.05, 4.69) is 0 Å². The molecule has 1 aliphatic carbocycles. The van der Waals surface area contributed by atoms with E-state index < -0.39 is 5.82 Å². The molecule has 0 bridgehead atoms. The third kappa shape index (κ3) is 3.50. The van der Waals surface area contributed by atoms with Gasteiger partial charge in [0.25, 0.3) is 5.91 Å². The van der Waals surface area contributed by atoms with Gasteiger partial charge in [-0.15, -0.1) is 0 Å². The highest BCUT2D eigenvalue weighted by atomic mass is 19.1. The van der Waals surface area contributed by atoms with Crippen LogP contribution in [0.2, 0.25) is 0 Å². The molecule has 0 aliphatic heterocycles. The van der Waals surface area contributed by atoms with Gasteiger partial charge in [-0.3, -0.25) is 4.79 Å². The van der Waals surface area contributed by atoms with Crippen LogP contribution < -0.4 is 9.47 Å². The van der Waals surface area contributed by atoms with Crippen LogP contribution in [0.3, 0.4) is 0 Å². The lowest BCUT2D eigenvalue weighted by atomic mass is 10.1. The maximum atomic E-state index is 14.2. The molecule has 1 saturated carbocycles. The molecule has 0 atom stereocenters. The molecule has 0 saturated heterocycles. The smallest absolute Gasteiger partial charge is 0.257 e. The van der Waals surface area contributed by atoms with Crippen molar-refractivity contribution in [3.8, 4) is 11.5 Å². The Labute approximate surface area is 140 Å². The van der Waals surface area contributed by atoms with E-state index in [1.54, 1.807) is 18.1 Å². The molecule has 1 fully saturated rings. The van der Waals surface area contributed by atoms with Crippen LogP contribution in [0.4, 0.5) is 4.39 Å². The van der Waals surface area contributed by atoms with E-state index in [1.165, 1.54) is 19.2 Å². The summed E-state index contributed by atoms with van der Waals surface area (Å²) in [6.07, 6.45) is 1.92. The Hall–Kier alpha value is -2.56. The second kappa shape index (κ2) is 6.91. The average molecular weight is 329 g/mol. The molecule has 126 valence electrons. The second-order valence-electron chi connectivity index (χ2n) is 5.86. The standard InChI is InChI=1S/C19H20FNO3/c1-23-15-7-3-13(4-8-15)12-21(14-5-6-14)19(22)17-10-9-16(24-2)11-18(17)20/h3-4,7-11,14H,5-6,12H2,1-2H3. The molecule has 24 heavy (non-hydrogen) atoms. The van der Waals surface area contributed by atoms with Gasteiger partial charge in [-0.2, -0.15) is 0 Å². The van der Waals surface area contributed by atoms with Crippen molar-refractivity contribution in [3.05, 3.63) is 59.4 Å². The number of amides is 1. The van der Waals surface area contributed by atoms with Crippen molar-refractivity contribution in [2.24, 2.45) is 0 Å². The first-order valence-corrected chi connectivity index (χ1v) is 7.90. The summed E-state index contributed by atoms with van der Waals surface area (Å²) in [4.78, 5) is 14.5. The predicted molar refractivity (Wildman–Crippen MR) is 88.8 cm³/mol. The number of halogens is 1. The van der Waals surface area contributed by atoms with Gasteiger partial charge in [0.05, 0.1) is 19.8 Å². The van der Waals surface area contributed by atoms with Crippen LogP contribution in [0.15, 0.2) is 42.5 Å². The maximum Gasteiger partial charge on any atom is 0.257 e. The Morgan fingerprint density at radius 3 is 2.25 bits per heavy atom. The van der Waals surface area contributed by atoms with Gasteiger partial charge in [-0.25, -0.2) is 4.39 Å². The van der Waals surface area contributed by atoms with Crippen LogP contribution >= 0.6 is 0 Å². The predicted octanol–water partition coefficient (Wildman–Crippen LogP) is 3.65. The number of nitrogens with zero attached hydrogens (tertiary/aromatic N) is 1. The van der Waals surface area contributed by atoms with Crippen LogP contribution in [0.1, 0.15) is 28.8 Å². The summed E-state index contributed by atoms with van der Waals surface area (Å²) < 4.78 is 24.4. The average Bonchev–Trinajstić information content (AvgIpc) is 3.44. The Morgan fingerprint density at radius 2 is 1.71 bits per heavy atom. The Morgan fingerprint density at radius 1 is 1.08 bits per heavy atom. The Balaban J connectivity index is 1.81. The van der Waals surface area contributed by atoms with E-state index in [4.69, 9.17) is 9.47 Å². The molecule has 0 heterocycles. The number of methoxy groups -OCH3 is 2. The number of hydrogen-bond donors (Lipinski definition) is 0. The fraction of sp³-hybridized carbons (Fsp3) is 0.316. The Bertz CT molecular complexity index is 726. The van der Waals surface area contributed by atoms with Gasteiger partial charge >= 0.3 is 0 Å². The van der Waals surface area contributed by atoms with Crippen molar-refractivity contribution in [2.45, 2.75) is 25.4 Å². The van der Waals surface area contributed by atoms with E-state index in [0.29, 0.717) is 12.3 Å². The first-order chi connectivity index (χ1) is 11.6. The highest BCUT2D eigenvalue weighted by Crippen LogP contribution is 2.31. The van der Waals surface area contributed by atoms with E-state index >= 15 is 0 Å². The third-order valence-electron chi connectivity index (χ3n) is 4.17. The summed E-state index contributed by atoms with van der Waals surface area (Å²) in [5.74, 6) is 0.328. The van der Waals surface area contributed by atoms with Gasteiger partial charge in [-0.05, 0) is 42.7 Å². The molecule has 1 aliphatic rings. The highest BCUT2D eigenvalue weighted by molar-refractivity contribution is 5.95. The molecule has 0 unspecified atom stereocenters. The van der Waals surface area contributed by atoms with Crippen molar-refractivity contribution in [2.75, 3.05) is 14.2 Å². The molecular formula is C19H20FNO3. The van der Waals surface area contributed by atoms with Crippen molar-refractivity contribution in [3.63, 3.8) is 0 Å². The fourth-order valence-corrected chi connectivity index (χ4v) is 2.63. The van der Waals surface area contributed by atoms with Gasteiger partial charge in [0.15, 0.2) is 0 Å². The maximum absolute atomic E-state index is 14.2. The molecule has 1 amide bonds. The summed E-state index contributed by atoms with van der Waals surface area (Å²) in [7, 11) is 3.08. The van der Waals surface area contributed by atoms with Crippen LogP contribution in [0, 0.1) is 5.82 Å². The topological polar surface area (TPSA) is 38.8 Å². The largest absolute Gasteiger partial charge is 0.497 e. The number of benzene rings is 2. The van der Waals surface area contributed by atoms with Crippen LogP contribution in [0.5, 0.6) is 11.5 Å². The minimum atomic E-state index is -0.556. The molecule has 4 nitrogen and oxygen atoms in total. The quantitative estimate of drug-likeness (QED) is 0.812. The van der Waals surface area contributed by atoms with Crippen molar-refractivity contribution < 1.29 is 18.7 Å². The molecule has 3 rings (SSSR count). The minimum Gasteiger partial charge on any atom is -0.497 e. The van der Waals surface area contributed by atoms with Crippen LogP contribution in [-0.4, -0.2) is 31.1 Å². The lowest BCUT2D eigenvalue weighted by molar-refractivity contribution is 0.0725. The highest BCUT2D eigenvalue weighted by Gasteiger charge is 2.34. The van der Waals surface area contributed by atoms with E-state index in [-0.39, 0.29) is 17.5 Å². The van der Waals surface area contributed by atoms with Crippen LogP contribution in [-0.2, 0) is 6.54 Å². The van der Waals surface area contributed by atoms with Gasteiger partial charge in [0, 0.05) is 18.7 Å². The van der Waals surface area contributed by atoms with E-state index in [0.717, 1.165) is 24.2 Å². The summed E-state index contributed by atoms with van der Waals surface area (Å²) in [5.41, 5.74) is 1.07. The summed E-state index contributed by atoms with van der Waals surface area (Å²) in [6.45, 7) is 0.457. The van der Waals surface area contributed by atoms with Crippen molar-refractivity contribution in [1.82, 2.24) is 4.90 Å². The lowest BCUT2D eigenvalue weighted by Gasteiger charge is -2.23. The molecule has 5 heteroatoms. The minimum absolute atomic E-state index is 0.0798. The van der Waals surface area contributed by atoms with E-state index in [9.17, 15) is 9.18 Å². The normalized spacial score (nSPS) is 13.5.